The third-order valence-electron chi connectivity index (χ3n) is 3.39. The molecule has 1 aromatic heterocycles. The summed E-state index contributed by atoms with van der Waals surface area (Å²) >= 11 is 0. The highest BCUT2D eigenvalue weighted by molar-refractivity contribution is 5.91. The fourth-order valence-electron chi connectivity index (χ4n) is 2.33. The van der Waals surface area contributed by atoms with Crippen molar-refractivity contribution in [3.8, 4) is 0 Å². The standard InChI is InChI=1S/C13H7F4NO3/c14-8-7-6(19)3-5(13(20)21)18(4-1-2-4)12(7)11(17)10(16)9(8)15/h3-4H,1-2H2,(H,20,21). The number of aromatic carboxylic acids is 1. The molecule has 0 saturated heterocycles. The Labute approximate surface area is 114 Å². The van der Waals surface area contributed by atoms with E-state index in [1.54, 1.807) is 0 Å². The first-order valence-corrected chi connectivity index (χ1v) is 5.99. The maximum absolute atomic E-state index is 14.0. The molecule has 0 spiro atoms. The number of halogens is 4. The molecule has 0 aliphatic heterocycles. The van der Waals surface area contributed by atoms with E-state index < -0.39 is 57.3 Å². The van der Waals surface area contributed by atoms with Gasteiger partial charge in [-0.05, 0) is 12.8 Å². The van der Waals surface area contributed by atoms with Crippen molar-refractivity contribution in [3.05, 3.63) is 45.3 Å². The van der Waals surface area contributed by atoms with Gasteiger partial charge in [-0.1, -0.05) is 0 Å². The van der Waals surface area contributed by atoms with Gasteiger partial charge in [0.25, 0.3) is 0 Å². The highest BCUT2D eigenvalue weighted by Crippen LogP contribution is 2.39. The third-order valence-corrected chi connectivity index (χ3v) is 3.39. The molecule has 1 N–H and O–H groups in total. The van der Waals surface area contributed by atoms with E-state index in [9.17, 15) is 27.2 Å². The van der Waals surface area contributed by atoms with Crippen LogP contribution in [0.3, 0.4) is 0 Å². The molecular formula is C13H7F4NO3. The van der Waals surface area contributed by atoms with Gasteiger partial charge in [-0.3, -0.25) is 4.79 Å². The average Bonchev–Trinajstić information content (AvgIpc) is 3.25. The first kappa shape index (κ1) is 13.6. The number of aromatic nitrogens is 1. The highest BCUT2D eigenvalue weighted by Gasteiger charge is 2.33. The second-order valence-corrected chi connectivity index (χ2v) is 4.78. The minimum Gasteiger partial charge on any atom is -0.477 e. The van der Waals surface area contributed by atoms with Crippen LogP contribution in [0.1, 0.15) is 29.4 Å². The van der Waals surface area contributed by atoms with E-state index in [-0.39, 0.29) is 0 Å². The van der Waals surface area contributed by atoms with Gasteiger partial charge in [-0.25, -0.2) is 22.4 Å². The summed E-state index contributed by atoms with van der Waals surface area (Å²) in [6.45, 7) is 0. The fourth-order valence-corrected chi connectivity index (χ4v) is 2.33. The number of pyridine rings is 1. The van der Waals surface area contributed by atoms with Crippen LogP contribution in [-0.2, 0) is 0 Å². The van der Waals surface area contributed by atoms with Gasteiger partial charge in [0.05, 0.1) is 10.9 Å². The Hall–Kier alpha value is -2.38. The highest BCUT2D eigenvalue weighted by atomic mass is 19.2. The number of hydrogen-bond donors (Lipinski definition) is 1. The van der Waals surface area contributed by atoms with Crippen molar-refractivity contribution >= 4 is 16.9 Å². The minimum atomic E-state index is -2.09. The number of carbonyl (C=O) groups is 1. The summed E-state index contributed by atoms with van der Waals surface area (Å²) < 4.78 is 55.2. The van der Waals surface area contributed by atoms with Crippen molar-refractivity contribution in [2.24, 2.45) is 0 Å². The second kappa shape index (κ2) is 4.31. The third kappa shape index (κ3) is 1.82. The van der Waals surface area contributed by atoms with Crippen molar-refractivity contribution in [2.45, 2.75) is 18.9 Å². The van der Waals surface area contributed by atoms with E-state index in [2.05, 4.69) is 0 Å². The lowest BCUT2D eigenvalue weighted by Gasteiger charge is -2.15. The Morgan fingerprint density at radius 1 is 1.10 bits per heavy atom. The summed E-state index contributed by atoms with van der Waals surface area (Å²) in [5.74, 6) is -9.29. The predicted molar refractivity (Wildman–Crippen MR) is 63.3 cm³/mol. The quantitative estimate of drug-likeness (QED) is 0.527. The fraction of sp³-hybridized carbons (Fsp3) is 0.231. The van der Waals surface area contributed by atoms with Gasteiger partial charge in [0.2, 0.25) is 0 Å². The zero-order valence-electron chi connectivity index (χ0n) is 10.3. The molecule has 0 atom stereocenters. The van der Waals surface area contributed by atoms with E-state index in [4.69, 9.17) is 5.11 Å². The van der Waals surface area contributed by atoms with E-state index in [1.807, 2.05) is 0 Å². The van der Waals surface area contributed by atoms with Gasteiger partial charge in [0, 0.05) is 12.1 Å². The molecule has 1 aromatic carbocycles. The van der Waals surface area contributed by atoms with Gasteiger partial charge < -0.3 is 9.67 Å². The number of benzene rings is 1. The maximum Gasteiger partial charge on any atom is 0.352 e. The molecule has 0 bridgehead atoms. The van der Waals surface area contributed by atoms with Crippen LogP contribution in [0.15, 0.2) is 10.9 Å². The van der Waals surface area contributed by atoms with E-state index in [1.165, 1.54) is 0 Å². The monoisotopic (exact) mass is 301 g/mol. The second-order valence-electron chi connectivity index (χ2n) is 4.78. The molecule has 0 amide bonds. The molecule has 1 aliphatic rings. The zero-order chi connectivity index (χ0) is 15.5. The van der Waals surface area contributed by atoms with Crippen LogP contribution in [0.25, 0.3) is 10.9 Å². The number of carboxylic acids is 1. The molecule has 110 valence electrons. The van der Waals surface area contributed by atoms with Crippen molar-refractivity contribution in [1.82, 2.24) is 4.57 Å². The van der Waals surface area contributed by atoms with Crippen molar-refractivity contribution in [3.63, 3.8) is 0 Å². The van der Waals surface area contributed by atoms with Gasteiger partial charge >= 0.3 is 5.97 Å². The summed E-state index contributed by atoms with van der Waals surface area (Å²) in [4.78, 5) is 22.9. The smallest absolute Gasteiger partial charge is 0.352 e. The van der Waals surface area contributed by atoms with E-state index >= 15 is 0 Å². The Morgan fingerprint density at radius 2 is 1.67 bits per heavy atom. The average molecular weight is 301 g/mol. The number of fused-ring (bicyclic) bond motifs is 1. The van der Waals surface area contributed by atoms with Gasteiger partial charge in [-0.15, -0.1) is 0 Å². The molecule has 1 saturated carbocycles. The molecule has 1 heterocycles. The Kier molecular flexibility index (Phi) is 2.79. The Balaban J connectivity index is 2.61. The Morgan fingerprint density at radius 3 is 2.19 bits per heavy atom. The van der Waals surface area contributed by atoms with Crippen LogP contribution in [0.2, 0.25) is 0 Å². The lowest BCUT2D eigenvalue weighted by molar-refractivity contribution is 0.0684. The van der Waals surface area contributed by atoms with E-state index in [0.29, 0.717) is 18.9 Å². The largest absolute Gasteiger partial charge is 0.477 e. The molecule has 3 rings (SSSR count). The number of hydrogen-bond acceptors (Lipinski definition) is 2. The summed E-state index contributed by atoms with van der Waals surface area (Å²) in [6.07, 6.45) is 0.941. The molecule has 2 aromatic rings. The van der Waals surface area contributed by atoms with Crippen LogP contribution < -0.4 is 5.43 Å². The van der Waals surface area contributed by atoms with Gasteiger partial charge in [0.15, 0.2) is 28.7 Å². The van der Waals surface area contributed by atoms with Crippen LogP contribution in [0.4, 0.5) is 17.6 Å². The van der Waals surface area contributed by atoms with Crippen LogP contribution in [0, 0.1) is 23.3 Å². The molecular weight excluding hydrogens is 294 g/mol. The number of carboxylic acid groups (broad SMARTS) is 1. The molecule has 8 heteroatoms. The van der Waals surface area contributed by atoms with Crippen LogP contribution >= 0.6 is 0 Å². The summed E-state index contributed by atoms with van der Waals surface area (Å²) in [5, 5.41) is 8.08. The molecule has 21 heavy (non-hydrogen) atoms. The SMILES string of the molecule is O=C(O)c1cc(=O)c2c(F)c(F)c(F)c(F)c2n1C1CC1. The van der Waals surface area contributed by atoms with Gasteiger partial charge in [0.1, 0.15) is 5.69 Å². The number of nitrogens with zero attached hydrogens (tertiary/aromatic N) is 1. The lowest BCUT2D eigenvalue weighted by atomic mass is 10.1. The maximum atomic E-state index is 14.0. The van der Waals surface area contributed by atoms with Gasteiger partial charge in [-0.2, -0.15) is 0 Å². The number of rotatable bonds is 2. The molecule has 4 nitrogen and oxygen atoms in total. The summed E-state index contributed by atoms with van der Waals surface area (Å²) in [5.41, 5.74) is -2.65. The summed E-state index contributed by atoms with van der Waals surface area (Å²) in [7, 11) is 0. The molecule has 1 aliphatic carbocycles. The topological polar surface area (TPSA) is 59.3 Å². The van der Waals surface area contributed by atoms with Crippen molar-refractivity contribution in [2.75, 3.05) is 0 Å². The Bertz CT molecular complexity index is 855. The first-order valence-electron chi connectivity index (χ1n) is 5.99. The lowest BCUT2D eigenvalue weighted by Crippen LogP contribution is -2.20. The van der Waals surface area contributed by atoms with Crippen LogP contribution in [0.5, 0.6) is 0 Å². The predicted octanol–water partition coefficient (Wildman–Crippen LogP) is 2.59. The normalized spacial score (nSPS) is 14.7. The summed E-state index contributed by atoms with van der Waals surface area (Å²) in [6, 6.07) is 0.0982. The van der Waals surface area contributed by atoms with Crippen LogP contribution in [-0.4, -0.2) is 15.6 Å². The zero-order valence-corrected chi connectivity index (χ0v) is 10.3. The molecule has 0 radical (unpaired) electrons. The van der Waals surface area contributed by atoms with Crippen molar-refractivity contribution < 1.29 is 27.5 Å². The minimum absolute atomic E-state index is 0.471. The molecule has 1 fully saturated rings. The first-order chi connectivity index (χ1) is 9.84. The van der Waals surface area contributed by atoms with E-state index in [0.717, 1.165) is 4.57 Å². The molecule has 0 unspecified atom stereocenters. The van der Waals surface area contributed by atoms with Crippen molar-refractivity contribution in [1.29, 1.82) is 0 Å².